The molecule has 3 aromatic rings. The third-order valence-electron chi connectivity index (χ3n) is 5.49. The van der Waals surface area contributed by atoms with Gasteiger partial charge in [0.25, 0.3) is 5.91 Å². The van der Waals surface area contributed by atoms with Crippen LogP contribution in [0.1, 0.15) is 39.9 Å². The summed E-state index contributed by atoms with van der Waals surface area (Å²) in [5.41, 5.74) is 4.17. The molecule has 3 aromatic carbocycles. The number of benzene rings is 3. The zero-order valence-corrected chi connectivity index (χ0v) is 17.2. The van der Waals surface area contributed by atoms with Crippen LogP contribution in [0.4, 0.5) is 0 Å². The maximum Gasteiger partial charge on any atom is 0.251 e. The molecule has 1 amide bonds. The van der Waals surface area contributed by atoms with Crippen LogP contribution in [0, 0.1) is 0 Å². The van der Waals surface area contributed by atoms with Crippen LogP contribution >= 0.6 is 0 Å². The number of ether oxygens (including phenoxy) is 1. The summed E-state index contributed by atoms with van der Waals surface area (Å²) in [5, 5.41) is 3.07. The molecule has 0 aliphatic carbocycles. The Bertz CT molecular complexity index is 966. The van der Waals surface area contributed by atoms with Gasteiger partial charge in [0, 0.05) is 18.7 Å². The minimum Gasteiger partial charge on any atom is -0.489 e. The van der Waals surface area contributed by atoms with Crippen LogP contribution in [0.25, 0.3) is 0 Å². The zero-order chi connectivity index (χ0) is 20.6. The van der Waals surface area contributed by atoms with Crippen molar-refractivity contribution in [3.63, 3.8) is 0 Å². The minimum atomic E-state index is -0.0869. The van der Waals surface area contributed by atoms with E-state index in [0.717, 1.165) is 25.2 Å². The number of hydrogen-bond donors (Lipinski definition) is 1. The van der Waals surface area contributed by atoms with Crippen molar-refractivity contribution in [1.82, 2.24) is 10.2 Å². The summed E-state index contributed by atoms with van der Waals surface area (Å²) in [4.78, 5) is 15.2. The van der Waals surface area contributed by atoms with E-state index in [2.05, 4.69) is 28.4 Å². The Kier molecular flexibility index (Phi) is 6.78. The summed E-state index contributed by atoms with van der Waals surface area (Å²) in [6.07, 6.45) is 2.56. The van der Waals surface area contributed by atoms with Crippen molar-refractivity contribution in [2.24, 2.45) is 0 Å². The Balaban J connectivity index is 1.35. The summed E-state index contributed by atoms with van der Waals surface area (Å²) in [6, 6.07) is 25.7. The van der Waals surface area contributed by atoms with Gasteiger partial charge in [-0.25, -0.2) is 0 Å². The van der Waals surface area contributed by atoms with Crippen molar-refractivity contribution in [2.75, 3.05) is 13.1 Å². The van der Waals surface area contributed by atoms with Crippen LogP contribution in [0.15, 0.2) is 78.9 Å². The van der Waals surface area contributed by atoms with Crippen LogP contribution in [-0.4, -0.2) is 23.9 Å². The molecule has 4 nitrogen and oxygen atoms in total. The maximum atomic E-state index is 12.7. The van der Waals surface area contributed by atoms with Gasteiger partial charge in [0.05, 0.1) is 0 Å². The molecule has 0 saturated carbocycles. The van der Waals surface area contributed by atoms with Gasteiger partial charge in [-0.2, -0.15) is 0 Å². The molecule has 1 heterocycles. The van der Waals surface area contributed by atoms with Gasteiger partial charge in [-0.3, -0.25) is 9.69 Å². The predicted molar refractivity (Wildman–Crippen MR) is 119 cm³/mol. The first-order valence-electron chi connectivity index (χ1n) is 10.6. The fraction of sp³-hybridized carbons (Fsp3) is 0.269. The number of carbonyl (C=O) groups is 1. The number of amides is 1. The average Bonchev–Trinajstić information content (AvgIpc) is 3.31. The largest absolute Gasteiger partial charge is 0.489 e. The molecule has 0 spiro atoms. The lowest BCUT2D eigenvalue weighted by molar-refractivity contribution is 0.0950. The second kappa shape index (κ2) is 10.1. The molecule has 4 heteroatoms. The summed E-state index contributed by atoms with van der Waals surface area (Å²) >= 11 is 0. The molecule has 154 valence electrons. The Morgan fingerprint density at radius 3 is 2.40 bits per heavy atom. The molecule has 1 saturated heterocycles. The maximum absolute atomic E-state index is 12.7. The van der Waals surface area contributed by atoms with E-state index in [4.69, 9.17) is 4.74 Å². The minimum absolute atomic E-state index is 0.0869. The molecular weight excluding hydrogens is 372 g/mol. The molecule has 1 fully saturated rings. The van der Waals surface area contributed by atoms with Gasteiger partial charge in [-0.1, -0.05) is 60.7 Å². The number of rotatable bonds is 8. The SMILES string of the molecule is O=C(NCc1ccccc1CN1CCCC1)c1cccc(OCc2ccccc2)c1. The average molecular weight is 401 g/mol. The van der Waals surface area contributed by atoms with Crippen LogP contribution in [0.2, 0.25) is 0 Å². The fourth-order valence-electron chi connectivity index (χ4n) is 3.81. The quantitative estimate of drug-likeness (QED) is 0.591. The van der Waals surface area contributed by atoms with Gasteiger partial charge < -0.3 is 10.1 Å². The van der Waals surface area contributed by atoms with Crippen LogP contribution in [0.3, 0.4) is 0 Å². The Morgan fingerprint density at radius 2 is 1.60 bits per heavy atom. The third kappa shape index (κ3) is 5.49. The molecule has 0 radical (unpaired) electrons. The first kappa shape index (κ1) is 20.2. The van der Waals surface area contributed by atoms with E-state index in [0.29, 0.717) is 24.5 Å². The third-order valence-corrected chi connectivity index (χ3v) is 5.49. The molecule has 1 aliphatic rings. The van der Waals surface area contributed by atoms with E-state index in [1.807, 2.05) is 54.6 Å². The van der Waals surface area contributed by atoms with Crippen molar-refractivity contribution >= 4 is 5.91 Å². The Hall–Kier alpha value is -3.11. The van der Waals surface area contributed by atoms with Gasteiger partial charge in [0.2, 0.25) is 0 Å². The second-order valence-electron chi connectivity index (χ2n) is 7.74. The number of carbonyl (C=O) groups excluding carboxylic acids is 1. The van der Waals surface area contributed by atoms with Crippen LogP contribution < -0.4 is 10.1 Å². The topological polar surface area (TPSA) is 41.6 Å². The van der Waals surface area contributed by atoms with Gasteiger partial charge in [-0.05, 0) is 60.8 Å². The van der Waals surface area contributed by atoms with Crippen molar-refractivity contribution < 1.29 is 9.53 Å². The van der Waals surface area contributed by atoms with Gasteiger partial charge in [0.15, 0.2) is 0 Å². The lowest BCUT2D eigenvalue weighted by atomic mass is 10.1. The number of nitrogens with one attached hydrogen (secondary N) is 1. The normalized spacial score (nSPS) is 13.9. The van der Waals surface area contributed by atoms with E-state index in [1.54, 1.807) is 6.07 Å². The van der Waals surface area contributed by atoms with Gasteiger partial charge in [0.1, 0.15) is 12.4 Å². The van der Waals surface area contributed by atoms with Crippen molar-refractivity contribution in [2.45, 2.75) is 32.5 Å². The first-order valence-corrected chi connectivity index (χ1v) is 10.6. The molecule has 0 aromatic heterocycles. The number of nitrogens with zero attached hydrogens (tertiary/aromatic N) is 1. The molecule has 30 heavy (non-hydrogen) atoms. The summed E-state index contributed by atoms with van der Waals surface area (Å²) in [5.74, 6) is 0.608. The molecule has 4 rings (SSSR count). The van der Waals surface area contributed by atoms with Crippen molar-refractivity contribution in [3.05, 3.63) is 101 Å². The molecule has 0 bridgehead atoms. The summed E-state index contributed by atoms with van der Waals surface area (Å²) in [7, 11) is 0. The Labute approximate surface area is 178 Å². The lowest BCUT2D eigenvalue weighted by Gasteiger charge is -2.17. The Morgan fingerprint density at radius 1 is 0.867 bits per heavy atom. The molecule has 1 N–H and O–H groups in total. The highest BCUT2D eigenvalue weighted by Gasteiger charge is 2.14. The predicted octanol–water partition coefficient (Wildman–Crippen LogP) is 4.79. The van der Waals surface area contributed by atoms with Crippen LogP contribution in [-0.2, 0) is 19.7 Å². The lowest BCUT2D eigenvalue weighted by Crippen LogP contribution is -2.25. The molecule has 1 aliphatic heterocycles. The standard InChI is InChI=1S/C26H28N2O2/c29-26(22-13-8-14-25(17-22)30-20-21-9-2-1-3-10-21)27-18-23-11-4-5-12-24(23)19-28-15-6-7-16-28/h1-5,8-14,17H,6-7,15-16,18-20H2,(H,27,29). The van der Waals surface area contributed by atoms with E-state index < -0.39 is 0 Å². The highest BCUT2D eigenvalue weighted by molar-refractivity contribution is 5.94. The van der Waals surface area contributed by atoms with E-state index in [-0.39, 0.29) is 5.91 Å². The van der Waals surface area contributed by atoms with E-state index in [9.17, 15) is 4.79 Å². The van der Waals surface area contributed by atoms with E-state index >= 15 is 0 Å². The van der Waals surface area contributed by atoms with Gasteiger partial charge >= 0.3 is 0 Å². The molecule has 0 unspecified atom stereocenters. The van der Waals surface area contributed by atoms with Crippen molar-refractivity contribution in [3.8, 4) is 5.75 Å². The number of likely N-dealkylation sites (tertiary alicyclic amines) is 1. The highest BCUT2D eigenvalue weighted by Crippen LogP contribution is 2.18. The molecular formula is C26H28N2O2. The molecule has 0 atom stereocenters. The smallest absolute Gasteiger partial charge is 0.251 e. The fourth-order valence-corrected chi connectivity index (χ4v) is 3.81. The number of hydrogen-bond acceptors (Lipinski definition) is 3. The highest BCUT2D eigenvalue weighted by atomic mass is 16.5. The van der Waals surface area contributed by atoms with Gasteiger partial charge in [-0.15, -0.1) is 0 Å². The van der Waals surface area contributed by atoms with Crippen LogP contribution in [0.5, 0.6) is 5.75 Å². The first-order chi connectivity index (χ1) is 14.8. The summed E-state index contributed by atoms with van der Waals surface area (Å²) < 4.78 is 5.85. The van der Waals surface area contributed by atoms with Crippen molar-refractivity contribution in [1.29, 1.82) is 0 Å². The summed E-state index contributed by atoms with van der Waals surface area (Å²) in [6.45, 7) is 4.29. The van der Waals surface area contributed by atoms with E-state index in [1.165, 1.54) is 24.0 Å². The monoisotopic (exact) mass is 400 g/mol. The zero-order valence-electron chi connectivity index (χ0n) is 17.2. The second-order valence-corrected chi connectivity index (χ2v) is 7.74.